The van der Waals surface area contributed by atoms with Gasteiger partial charge in [0, 0.05) is 50.9 Å². The number of rotatable bonds is 7. The molecule has 6 rings (SSSR count). The molecule has 0 radical (unpaired) electrons. The Balaban J connectivity index is 1.06. The molecule has 2 aromatic carbocycles. The zero-order chi connectivity index (χ0) is 27.9. The molecule has 40 heavy (non-hydrogen) atoms. The average Bonchev–Trinajstić information content (AvgIpc) is 3.59. The van der Waals surface area contributed by atoms with E-state index in [-0.39, 0.29) is 17.4 Å². The Labute approximate surface area is 237 Å². The summed E-state index contributed by atoms with van der Waals surface area (Å²) in [5, 5.41) is 3.16. The van der Waals surface area contributed by atoms with Crippen molar-refractivity contribution in [2.24, 2.45) is 11.3 Å². The van der Waals surface area contributed by atoms with Crippen molar-refractivity contribution in [2.75, 3.05) is 45.5 Å². The third kappa shape index (κ3) is 5.77. The van der Waals surface area contributed by atoms with Crippen molar-refractivity contribution in [2.45, 2.75) is 55.5 Å². The third-order valence-corrected chi connectivity index (χ3v) is 10.6. The highest BCUT2D eigenvalue weighted by atomic mass is 32.2. The van der Waals surface area contributed by atoms with Gasteiger partial charge in [-0.2, -0.15) is 0 Å². The second-order valence-electron chi connectivity index (χ2n) is 12.4. The largest absolute Gasteiger partial charge is 0.338 e. The number of amides is 3. The molecule has 9 heteroatoms. The number of carbonyl (C=O) groups is 2. The molecule has 1 N–H and O–H groups in total. The summed E-state index contributed by atoms with van der Waals surface area (Å²) in [6.45, 7) is 5.52. The van der Waals surface area contributed by atoms with Crippen molar-refractivity contribution in [3.63, 3.8) is 0 Å². The zero-order valence-electron chi connectivity index (χ0n) is 23.3. The van der Waals surface area contributed by atoms with Crippen LogP contribution in [0.15, 0.2) is 59.5 Å². The van der Waals surface area contributed by atoms with E-state index in [9.17, 15) is 18.0 Å². The first-order valence-corrected chi connectivity index (χ1v) is 16.5. The molecule has 1 aliphatic carbocycles. The van der Waals surface area contributed by atoms with Crippen molar-refractivity contribution >= 4 is 21.8 Å². The van der Waals surface area contributed by atoms with Gasteiger partial charge in [-0.1, -0.05) is 42.5 Å². The van der Waals surface area contributed by atoms with Crippen LogP contribution in [-0.2, 0) is 21.2 Å². The fraction of sp³-hybridized carbons (Fsp3) is 0.548. The Morgan fingerprint density at radius 2 is 1.62 bits per heavy atom. The molecular formula is C31H40N4O4S. The second kappa shape index (κ2) is 10.8. The van der Waals surface area contributed by atoms with E-state index in [1.165, 1.54) is 11.8 Å². The molecule has 4 aliphatic rings. The van der Waals surface area contributed by atoms with Crippen LogP contribution >= 0.6 is 0 Å². The lowest BCUT2D eigenvalue weighted by Crippen LogP contribution is -2.46. The standard InChI is InChI=1S/C31H40N4O4S/c1-40(38,39)27-11-7-23(8-12-27)19-34-18-15-31(29(34)36)13-16-33(17-14-31)20-25-21-35(30(37)32-26-9-10-26)22-28(25)24-5-3-2-4-6-24/h2-8,11-12,25-26,28H,9-10,13-22H2,1H3,(H,32,37)/t25-,28?/m0/s1. The highest BCUT2D eigenvalue weighted by Crippen LogP contribution is 2.43. The predicted molar refractivity (Wildman–Crippen MR) is 153 cm³/mol. The molecule has 1 spiro atoms. The molecule has 2 aromatic rings. The van der Waals surface area contributed by atoms with E-state index in [0.29, 0.717) is 29.3 Å². The number of hydrogen-bond acceptors (Lipinski definition) is 5. The average molecular weight is 565 g/mol. The maximum atomic E-state index is 13.6. The first-order valence-electron chi connectivity index (χ1n) is 14.6. The summed E-state index contributed by atoms with van der Waals surface area (Å²) in [5.41, 5.74) is 1.97. The minimum atomic E-state index is -3.23. The van der Waals surface area contributed by atoms with Gasteiger partial charge in [-0.05, 0) is 74.4 Å². The van der Waals surface area contributed by atoms with Crippen LogP contribution in [0.3, 0.4) is 0 Å². The molecule has 1 saturated carbocycles. The van der Waals surface area contributed by atoms with Gasteiger partial charge in [0.15, 0.2) is 9.84 Å². The van der Waals surface area contributed by atoms with E-state index in [4.69, 9.17) is 0 Å². The van der Waals surface area contributed by atoms with E-state index in [1.807, 2.05) is 28.0 Å². The van der Waals surface area contributed by atoms with Gasteiger partial charge in [-0.25, -0.2) is 13.2 Å². The number of carbonyl (C=O) groups excluding carboxylic acids is 2. The molecule has 8 nitrogen and oxygen atoms in total. The van der Waals surface area contributed by atoms with Crippen LogP contribution in [-0.4, -0.2) is 86.6 Å². The molecule has 0 bridgehead atoms. The summed E-state index contributed by atoms with van der Waals surface area (Å²) in [7, 11) is -3.23. The summed E-state index contributed by atoms with van der Waals surface area (Å²) >= 11 is 0. The maximum absolute atomic E-state index is 13.6. The third-order valence-electron chi connectivity index (χ3n) is 9.49. The van der Waals surface area contributed by atoms with Gasteiger partial charge in [0.05, 0.1) is 10.3 Å². The van der Waals surface area contributed by atoms with Crippen LogP contribution in [0.2, 0.25) is 0 Å². The van der Waals surface area contributed by atoms with E-state index in [1.54, 1.807) is 12.1 Å². The van der Waals surface area contributed by atoms with Gasteiger partial charge >= 0.3 is 6.03 Å². The molecule has 1 unspecified atom stereocenters. The smallest absolute Gasteiger partial charge is 0.317 e. The number of hydrogen-bond donors (Lipinski definition) is 1. The molecule has 3 heterocycles. The van der Waals surface area contributed by atoms with E-state index < -0.39 is 9.84 Å². The number of sulfone groups is 1. The Kier molecular flexibility index (Phi) is 7.38. The van der Waals surface area contributed by atoms with Gasteiger partial charge in [-0.15, -0.1) is 0 Å². The lowest BCUT2D eigenvalue weighted by atomic mass is 9.76. The van der Waals surface area contributed by atoms with Crippen LogP contribution in [0.25, 0.3) is 0 Å². The van der Waals surface area contributed by atoms with Crippen LogP contribution in [0.5, 0.6) is 0 Å². The fourth-order valence-corrected chi connectivity index (χ4v) is 7.49. The van der Waals surface area contributed by atoms with Crippen LogP contribution in [0.1, 0.15) is 49.1 Å². The van der Waals surface area contributed by atoms with E-state index in [2.05, 4.69) is 34.5 Å². The van der Waals surface area contributed by atoms with Crippen molar-refractivity contribution < 1.29 is 18.0 Å². The summed E-state index contributed by atoms with van der Waals surface area (Å²) in [6, 6.07) is 17.9. The summed E-state index contributed by atoms with van der Waals surface area (Å²) in [4.78, 5) is 33.2. The molecule has 3 aliphatic heterocycles. The minimum absolute atomic E-state index is 0.0751. The first kappa shape index (κ1) is 27.3. The summed E-state index contributed by atoms with van der Waals surface area (Å²) < 4.78 is 23.5. The fourth-order valence-electron chi connectivity index (χ4n) is 6.86. The first-order chi connectivity index (χ1) is 19.2. The highest BCUT2D eigenvalue weighted by Gasteiger charge is 2.48. The maximum Gasteiger partial charge on any atom is 0.317 e. The Bertz CT molecular complexity index is 1340. The molecule has 3 saturated heterocycles. The van der Waals surface area contributed by atoms with Gasteiger partial charge in [0.2, 0.25) is 5.91 Å². The van der Waals surface area contributed by atoms with Gasteiger partial charge in [-0.3, -0.25) is 4.79 Å². The lowest BCUT2D eigenvalue weighted by molar-refractivity contribution is -0.139. The van der Waals surface area contributed by atoms with Crippen LogP contribution in [0.4, 0.5) is 4.79 Å². The topological polar surface area (TPSA) is 90.0 Å². The van der Waals surface area contributed by atoms with Crippen LogP contribution < -0.4 is 5.32 Å². The van der Waals surface area contributed by atoms with E-state index in [0.717, 1.165) is 76.9 Å². The monoisotopic (exact) mass is 564 g/mol. The van der Waals surface area contributed by atoms with Crippen molar-refractivity contribution in [3.05, 3.63) is 65.7 Å². The number of urea groups is 1. The number of likely N-dealkylation sites (tertiary alicyclic amines) is 3. The predicted octanol–water partition coefficient (Wildman–Crippen LogP) is 3.49. The molecule has 0 aromatic heterocycles. The van der Waals surface area contributed by atoms with Crippen molar-refractivity contribution in [1.82, 2.24) is 20.0 Å². The van der Waals surface area contributed by atoms with Crippen LogP contribution in [0, 0.1) is 11.3 Å². The molecular weight excluding hydrogens is 524 g/mol. The van der Waals surface area contributed by atoms with Crippen molar-refractivity contribution in [3.8, 4) is 0 Å². The number of piperidine rings is 1. The normalized spacial score (nSPS) is 25.1. The minimum Gasteiger partial charge on any atom is -0.338 e. The summed E-state index contributed by atoms with van der Waals surface area (Å²) in [6.07, 6.45) is 6.00. The lowest BCUT2D eigenvalue weighted by Gasteiger charge is -2.39. The Morgan fingerprint density at radius 1 is 0.950 bits per heavy atom. The number of benzene rings is 2. The zero-order valence-corrected chi connectivity index (χ0v) is 24.1. The molecule has 214 valence electrons. The quantitative estimate of drug-likeness (QED) is 0.556. The van der Waals surface area contributed by atoms with Crippen molar-refractivity contribution in [1.29, 1.82) is 0 Å². The van der Waals surface area contributed by atoms with Gasteiger partial charge in [0.25, 0.3) is 0 Å². The molecule has 3 amide bonds. The molecule has 4 fully saturated rings. The van der Waals surface area contributed by atoms with Gasteiger partial charge in [0.1, 0.15) is 0 Å². The van der Waals surface area contributed by atoms with E-state index >= 15 is 0 Å². The Morgan fingerprint density at radius 3 is 2.27 bits per heavy atom. The number of nitrogens with one attached hydrogen (secondary N) is 1. The van der Waals surface area contributed by atoms with Gasteiger partial charge < -0.3 is 20.0 Å². The molecule has 2 atom stereocenters. The second-order valence-corrected chi connectivity index (χ2v) is 14.4. The Hall–Kier alpha value is -2.91. The number of nitrogens with zero attached hydrogens (tertiary/aromatic N) is 3. The SMILES string of the molecule is CS(=O)(=O)c1ccc(CN2CCC3(CCN(C[C@H]4CN(C(=O)NC5CC5)CC4c4ccccc4)CC3)C2=O)cc1. The summed E-state index contributed by atoms with van der Waals surface area (Å²) in [5.74, 6) is 0.928. The highest BCUT2D eigenvalue weighted by molar-refractivity contribution is 7.90.